The first-order chi connectivity index (χ1) is 24.1. The number of hydrogen-bond acceptors (Lipinski definition) is 9. The summed E-state index contributed by atoms with van der Waals surface area (Å²) in [6.45, 7) is 7.15. The molecule has 3 aliphatic rings. The Balaban J connectivity index is 0.951. The average molecular weight is 674 g/mol. The lowest BCUT2D eigenvalue weighted by atomic mass is 9.85. The number of amides is 2. The minimum atomic E-state index is -0.552. The second-order valence-corrected chi connectivity index (χ2v) is 13.8. The van der Waals surface area contributed by atoms with Crippen LogP contribution in [-0.4, -0.2) is 92.2 Å². The van der Waals surface area contributed by atoms with E-state index >= 15 is 0 Å². The van der Waals surface area contributed by atoms with Gasteiger partial charge in [0.05, 0.1) is 41.5 Å². The third kappa shape index (κ3) is 6.62. The van der Waals surface area contributed by atoms with Crippen LogP contribution in [0.15, 0.2) is 73.3 Å². The lowest BCUT2D eigenvalue weighted by Crippen LogP contribution is -2.43. The molecule has 0 saturated carbocycles. The number of nitrogens with one attached hydrogen (secondary N) is 1. The third-order valence-electron chi connectivity index (χ3n) is 9.93. The Hall–Kier alpha value is -5.36. The van der Waals surface area contributed by atoms with Gasteiger partial charge >= 0.3 is 0 Å². The molecule has 12 nitrogen and oxygen atoms in total. The molecule has 0 unspecified atom stereocenters. The van der Waals surface area contributed by atoms with Crippen LogP contribution < -0.4 is 15.4 Å². The lowest BCUT2D eigenvalue weighted by molar-refractivity contribution is -0.132. The van der Waals surface area contributed by atoms with Crippen molar-refractivity contribution in [2.75, 3.05) is 49.9 Å². The van der Waals surface area contributed by atoms with Crippen LogP contribution >= 0.6 is 0 Å². The topological polar surface area (TPSA) is 147 Å². The molecule has 258 valence electrons. The summed E-state index contributed by atoms with van der Waals surface area (Å²) in [7, 11) is 1.96. The molecule has 3 aliphatic heterocycles. The fraction of sp³-hybridized carbons (Fsp3) is 0.368. The largest absolute Gasteiger partial charge is 0.475 e. The van der Waals surface area contributed by atoms with Crippen molar-refractivity contribution in [2.45, 2.75) is 39.2 Å². The second-order valence-electron chi connectivity index (χ2n) is 13.8. The van der Waals surface area contributed by atoms with Crippen LogP contribution in [0.3, 0.4) is 0 Å². The fourth-order valence-electron chi connectivity index (χ4n) is 7.16. The molecule has 12 heteroatoms. The van der Waals surface area contributed by atoms with Gasteiger partial charge in [0, 0.05) is 62.8 Å². The van der Waals surface area contributed by atoms with E-state index in [1.54, 1.807) is 41.7 Å². The number of imidazole rings is 1. The summed E-state index contributed by atoms with van der Waals surface area (Å²) in [5.41, 5.74) is 11.5. The number of anilines is 2. The predicted molar refractivity (Wildman–Crippen MR) is 193 cm³/mol. The van der Waals surface area contributed by atoms with Gasteiger partial charge in [-0.05, 0) is 69.0 Å². The Labute approximate surface area is 292 Å². The molecule has 50 heavy (non-hydrogen) atoms. The molecule has 0 radical (unpaired) electrons. The molecule has 3 aromatic heterocycles. The van der Waals surface area contributed by atoms with Gasteiger partial charge in [-0.2, -0.15) is 0 Å². The van der Waals surface area contributed by atoms with Crippen molar-refractivity contribution in [1.82, 2.24) is 29.3 Å². The Morgan fingerprint density at radius 1 is 1.02 bits per heavy atom. The average Bonchev–Trinajstić information content (AvgIpc) is 3.83. The van der Waals surface area contributed by atoms with E-state index < -0.39 is 5.41 Å². The highest BCUT2D eigenvalue weighted by Crippen LogP contribution is 2.42. The Morgan fingerprint density at radius 2 is 1.80 bits per heavy atom. The monoisotopic (exact) mass is 673 g/mol. The summed E-state index contributed by atoms with van der Waals surface area (Å²) in [4.78, 5) is 46.5. The number of nitrogens with zero attached hydrogens (tertiary/aromatic N) is 7. The number of carbonyl (C=O) groups excluding carboxylic acids is 2. The number of nitrogens with two attached hydrogens (primary N) is 1. The van der Waals surface area contributed by atoms with Crippen LogP contribution in [0.25, 0.3) is 16.8 Å². The molecule has 2 fully saturated rings. The SMILES string of the molecule is CC(C)Oc1ccc(C(=N)c2nc(N3CC[C@]4(CCN(CC(=O)N5CC=C(c6ccc(-c7cn(C)cn7)cc6)CC5)C4)C3=O)ccc2N)cn1. The summed E-state index contributed by atoms with van der Waals surface area (Å²) in [6.07, 6.45) is 9.70. The second kappa shape index (κ2) is 13.5. The predicted octanol–water partition coefficient (Wildman–Crippen LogP) is 4.41. The quantitative estimate of drug-likeness (QED) is 0.249. The highest BCUT2D eigenvalue weighted by molar-refractivity contribution is 6.12. The number of carbonyl (C=O) groups is 2. The number of ether oxygens (including phenoxy) is 1. The number of aromatic nitrogens is 4. The Morgan fingerprint density at radius 3 is 2.48 bits per heavy atom. The van der Waals surface area contributed by atoms with Crippen LogP contribution in [-0.2, 0) is 16.6 Å². The minimum Gasteiger partial charge on any atom is -0.475 e. The van der Waals surface area contributed by atoms with E-state index in [-0.39, 0.29) is 23.6 Å². The smallest absolute Gasteiger partial charge is 0.237 e. The van der Waals surface area contributed by atoms with E-state index in [0.717, 1.165) is 17.7 Å². The minimum absolute atomic E-state index is 0.00907. The molecule has 7 rings (SSSR count). The number of nitrogen functional groups attached to an aromatic ring is 1. The number of hydrogen-bond donors (Lipinski definition) is 2. The van der Waals surface area contributed by atoms with E-state index in [9.17, 15) is 9.59 Å². The van der Waals surface area contributed by atoms with Gasteiger partial charge in [-0.1, -0.05) is 30.3 Å². The molecular formula is C38H43N9O3. The molecule has 2 amide bonds. The Bertz CT molecular complexity index is 1950. The van der Waals surface area contributed by atoms with Gasteiger partial charge in [-0.25, -0.2) is 15.0 Å². The lowest BCUT2D eigenvalue weighted by Gasteiger charge is -2.29. The molecule has 2 saturated heterocycles. The van der Waals surface area contributed by atoms with Crippen LogP contribution in [0.4, 0.5) is 11.5 Å². The van der Waals surface area contributed by atoms with Crippen molar-refractivity contribution >= 4 is 34.6 Å². The summed E-state index contributed by atoms with van der Waals surface area (Å²) in [5.74, 6) is 1.06. The van der Waals surface area contributed by atoms with Crippen LogP contribution in [0.1, 0.15) is 49.9 Å². The van der Waals surface area contributed by atoms with Crippen molar-refractivity contribution in [3.8, 4) is 17.1 Å². The van der Waals surface area contributed by atoms with Crippen LogP contribution in [0, 0.1) is 10.8 Å². The maximum absolute atomic E-state index is 13.9. The standard InChI is InChI=1S/C38H43N9O3/c1-25(2)50-33-11-8-29(20-41-33)35(40)36-30(39)9-10-32(43-36)47-19-15-38(37(47)49)14-18-45(23-38)22-34(48)46-16-12-27(13-17-46)26-4-6-28(7-5-26)31-21-44(3)24-42-31/h4-12,20-21,24-25,40H,13-19,22-23,39H2,1-3H3/t38-/m0/s1. The zero-order valence-corrected chi connectivity index (χ0v) is 28.8. The van der Waals surface area contributed by atoms with Crippen molar-refractivity contribution in [3.05, 3.63) is 90.1 Å². The van der Waals surface area contributed by atoms with Crippen molar-refractivity contribution in [2.24, 2.45) is 12.5 Å². The number of aryl methyl sites for hydroxylation is 1. The zero-order valence-electron chi connectivity index (χ0n) is 28.8. The van der Waals surface area contributed by atoms with Gasteiger partial charge < -0.3 is 19.9 Å². The maximum Gasteiger partial charge on any atom is 0.237 e. The number of pyridine rings is 2. The van der Waals surface area contributed by atoms with Crippen LogP contribution in [0.2, 0.25) is 0 Å². The first kappa shape index (κ1) is 33.2. The molecular weight excluding hydrogens is 630 g/mol. The molecule has 0 bridgehead atoms. The van der Waals surface area contributed by atoms with Gasteiger partial charge in [0.15, 0.2) is 0 Å². The first-order valence-electron chi connectivity index (χ1n) is 17.2. The normalized spacial score (nSPS) is 19.4. The van der Waals surface area contributed by atoms with E-state index in [2.05, 4.69) is 45.2 Å². The van der Waals surface area contributed by atoms with Gasteiger partial charge in [-0.3, -0.25) is 24.8 Å². The summed E-state index contributed by atoms with van der Waals surface area (Å²) >= 11 is 0. The summed E-state index contributed by atoms with van der Waals surface area (Å²) < 4.78 is 7.56. The number of likely N-dealkylation sites (tertiary alicyclic amines) is 1. The number of rotatable bonds is 9. The summed E-state index contributed by atoms with van der Waals surface area (Å²) in [6, 6.07) is 15.4. The van der Waals surface area contributed by atoms with E-state index in [4.69, 9.17) is 20.9 Å². The molecule has 3 N–H and O–H groups in total. The molecule has 1 spiro atoms. The highest BCUT2D eigenvalue weighted by atomic mass is 16.5. The van der Waals surface area contributed by atoms with E-state index in [0.29, 0.717) is 80.8 Å². The van der Waals surface area contributed by atoms with Crippen molar-refractivity contribution in [1.29, 1.82) is 5.41 Å². The molecule has 1 aromatic carbocycles. The van der Waals surface area contributed by atoms with Crippen LogP contribution in [0.5, 0.6) is 5.88 Å². The van der Waals surface area contributed by atoms with E-state index in [1.165, 1.54) is 11.1 Å². The maximum atomic E-state index is 13.9. The fourth-order valence-corrected chi connectivity index (χ4v) is 7.16. The molecule has 6 heterocycles. The van der Waals surface area contributed by atoms with Crippen molar-refractivity contribution in [3.63, 3.8) is 0 Å². The molecule has 0 aliphatic carbocycles. The zero-order chi connectivity index (χ0) is 35.0. The van der Waals surface area contributed by atoms with Gasteiger partial charge in [0.2, 0.25) is 17.7 Å². The van der Waals surface area contributed by atoms with Gasteiger partial charge in [-0.15, -0.1) is 0 Å². The van der Waals surface area contributed by atoms with E-state index in [1.807, 2.05) is 36.6 Å². The first-order valence-corrected chi connectivity index (χ1v) is 17.2. The number of benzene rings is 1. The summed E-state index contributed by atoms with van der Waals surface area (Å²) in [5, 5.41) is 8.79. The van der Waals surface area contributed by atoms with Crippen molar-refractivity contribution < 1.29 is 14.3 Å². The highest BCUT2D eigenvalue weighted by Gasteiger charge is 2.51. The third-order valence-corrected chi connectivity index (χ3v) is 9.93. The van der Waals surface area contributed by atoms with Gasteiger partial charge in [0.1, 0.15) is 11.5 Å². The van der Waals surface area contributed by atoms with Gasteiger partial charge in [0.25, 0.3) is 0 Å². The molecule has 4 aromatic rings. The Kier molecular flexibility index (Phi) is 8.96. The molecule has 1 atom stereocenters.